The highest BCUT2D eigenvalue weighted by Crippen LogP contribution is 2.42. The Hall–Kier alpha value is -0.610. The zero-order valence-electron chi connectivity index (χ0n) is 13.1. The van der Waals surface area contributed by atoms with Crippen LogP contribution in [0.2, 0.25) is 5.02 Å². The molecule has 122 valence electrons. The van der Waals surface area contributed by atoms with E-state index >= 15 is 0 Å². The van der Waals surface area contributed by atoms with E-state index in [1.165, 1.54) is 24.8 Å². The van der Waals surface area contributed by atoms with Crippen LogP contribution in [0.25, 0.3) is 0 Å². The number of rotatable bonds is 4. The molecule has 1 aliphatic heterocycles. The highest BCUT2D eigenvalue weighted by atomic mass is 35.5. The van der Waals surface area contributed by atoms with E-state index in [1.54, 1.807) is 0 Å². The molecule has 0 radical (unpaired) electrons. The molecule has 22 heavy (non-hydrogen) atoms. The van der Waals surface area contributed by atoms with Gasteiger partial charge in [0.2, 0.25) is 0 Å². The van der Waals surface area contributed by atoms with Gasteiger partial charge in [-0.1, -0.05) is 43.0 Å². The summed E-state index contributed by atoms with van der Waals surface area (Å²) in [6.45, 7) is 4.15. The molecule has 1 saturated carbocycles. The topological polar surface area (TPSA) is 32.7 Å². The number of halogens is 1. The quantitative estimate of drug-likeness (QED) is 0.923. The normalized spacial score (nSPS) is 24.1. The fourth-order valence-corrected chi connectivity index (χ4v) is 4.11. The Morgan fingerprint density at radius 2 is 1.73 bits per heavy atom. The van der Waals surface area contributed by atoms with Gasteiger partial charge >= 0.3 is 0 Å². The Labute approximate surface area is 138 Å². The average Bonchev–Trinajstić information content (AvgIpc) is 2.57. The molecule has 0 bridgehead atoms. The minimum atomic E-state index is -0.327. The molecule has 1 unspecified atom stereocenters. The summed E-state index contributed by atoms with van der Waals surface area (Å²) in [4.78, 5) is 2.33. The number of ether oxygens (including phenoxy) is 1. The van der Waals surface area contributed by atoms with Gasteiger partial charge in [0.1, 0.15) is 0 Å². The number of aliphatic hydroxyl groups is 1. The second-order valence-corrected chi connectivity index (χ2v) is 7.09. The van der Waals surface area contributed by atoms with E-state index in [-0.39, 0.29) is 11.5 Å². The van der Waals surface area contributed by atoms with Crippen molar-refractivity contribution in [1.82, 2.24) is 4.90 Å². The van der Waals surface area contributed by atoms with Gasteiger partial charge in [0.25, 0.3) is 0 Å². The summed E-state index contributed by atoms with van der Waals surface area (Å²) in [6, 6.07) is 8.12. The summed E-state index contributed by atoms with van der Waals surface area (Å²) in [5.41, 5.74) is 1.14. The van der Waals surface area contributed by atoms with Gasteiger partial charge in [-0.15, -0.1) is 0 Å². The second kappa shape index (κ2) is 7.31. The Balaban J connectivity index is 1.79. The van der Waals surface area contributed by atoms with Gasteiger partial charge in [-0.05, 0) is 30.5 Å². The first-order valence-electron chi connectivity index (χ1n) is 8.45. The molecule has 1 aromatic rings. The first kappa shape index (κ1) is 16.3. The zero-order valence-corrected chi connectivity index (χ0v) is 13.9. The van der Waals surface area contributed by atoms with Crippen molar-refractivity contribution in [2.75, 3.05) is 32.8 Å². The number of morpholine rings is 1. The number of aliphatic hydroxyl groups excluding tert-OH is 1. The van der Waals surface area contributed by atoms with Gasteiger partial charge in [-0.2, -0.15) is 0 Å². The fraction of sp³-hybridized carbons (Fsp3) is 0.667. The van der Waals surface area contributed by atoms with Crippen molar-refractivity contribution in [2.45, 2.75) is 43.6 Å². The van der Waals surface area contributed by atoms with Crippen LogP contribution in [0.1, 0.15) is 37.7 Å². The van der Waals surface area contributed by atoms with Crippen LogP contribution in [0.15, 0.2) is 24.3 Å². The molecule has 1 aliphatic carbocycles. The van der Waals surface area contributed by atoms with E-state index in [9.17, 15) is 5.11 Å². The molecule has 2 fully saturated rings. The lowest BCUT2D eigenvalue weighted by Gasteiger charge is -2.44. The highest BCUT2D eigenvalue weighted by molar-refractivity contribution is 6.30. The predicted molar refractivity (Wildman–Crippen MR) is 89.5 cm³/mol. The van der Waals surface area contributed by atoms with Crippen molar-refractivity contribution in [2.24, 2.45) is 0 Å². The lowest BCUT2D eigenvalue weighted by molar-refractivity contribution is -0.0157. The summed E-state index contributed by atoms with van der Waals surface area (Å²) in [5.74, 6) is 0. The van der Waals surface area contributed by atoms with Gasteiger partial charge in [0.15, 0.2) is 0 Å². The molecule has 0 amide bonds. The van der Waals surface area contributed by atoms with Crippen LogP contribution in [-0.4, -0.2) is 49.0 Å². The second-order valence-electron chi connectivity index (χ2n) is 6.65. The number of hydrogen-bond acceptors (Lipinski definition) is 3. The Kier molecular flexibility index (Phi) is 5.40. The third kappa shape index (κ3) is 3.48. The minimum absolute atomic E-state index is 0.110. The summed E-state index contributed by atoms with van der Waals surface area (Å²) < 4.78 is 5.41. The number of hydrogen-bond donors (Lipinski definition) is 1. The third-order valence-electron chi connectivity index (χ3n) is 5.34. The fourth-order valence-electron chi connectivity index (χ4n) is 3.98. The van der Waals surface area contributed by atoms with Crippen LogP contribution < -0.4 is 0 Å². The van der Waals surface area contributed by atoms with Gasteiger partial charge in [-0.3, -0.25) is 4.90 Å². The van der Waals surface area contributed by atoms with E-state index in [2.05, 4.69) is 17.0 Å². The van der Waals surface area contributed by atoms with Crippen molar-refractivity contribution in [1.29, 1.82) is 0 Å². The molecule has 0 aromatic heterocycles. The number of benzene rings is 1. The molecule has 0 spiro atoms. The van der Waals surface area contributed by atoms with E-state index in [0.29, 0.717) is 0 Å². The van der Waals surface area contributed by atoms with Crippen molar-refractivity contribution >= 4 is 11.6 Å². The van der Waals surface area contributed by atoms with Gasteiger partial charge < -0.3 is 9.84 Å². The Morgan fingerprint density at radius 1 is 1.09 bits per heavy atom. The molecule has 1 atom stereocenters. The molecule has 3 nitrogen and oxygen atoms in total. The van der Waals surface area contributed by atoms with Crippen LogP contribution in [0.3, 0.4) is 0 Å². The maximum atomic E-state index is 11.1. The van der Waals surface area contributed by atoms with Crippen LogP contribution in [-0.2, 0) is 10.2 Å². The Morgan fingerprint density at radius 3 is 2.36 bits per heavy atom. The van der Waals surface area contributed by atoms with Gasteiger partial charge in [0.05, 0.1) is 19.3 Å². The zero-order chi connectivity index (χ0) is 15.4. The summed E-state index contributed by atoms with van der Waals surface area (Å²) in [6.07, 6.45) is 5.48. The molecular weight excluding hydrogens is 298 g/mol. The van der Waals surface area contributed by atoms with Crippen LogP contribution in [0.5, 0.6) is 0 Å². The van der Waals surface area contributed by atoms with Crippen molar-refractivity contribution in [3.8, 4) is 0 Å². The van der Waals surface area contributed by atoms with Crippen molar-refractivity contribution in [3.63, 3.8) is 0 Å². The van der Waals surface area contributed by atoms with Gasteiger partial charge in [0, 0.05) is 30.1 Å². The molecule has 1 saturated heterocycles. The van der Waals surface area contributed by atoms with Crippen molar-refractivity contribution in [3.05, 3.63) is 34.9 Å². The standard InChI is InChI=1S/C18H26ClNO2/c19-16-6-4-15(5-7-16)18(8-2-1-3-9-18)17(21)14-20-10-12-22-13-11-20/h4-7,17,21H,1-3,8-14H2. The monoisotopic (exact) mass is 323 g/mol. The van der Waals surface area contributed by atoms with E-state index in [4.69, 9.17) is 16.3 Å². The molecule has 3 rings (SSSR count). The summed E-state index contributed by atoms with van der Waals surface area (Å²) in [5, 5.41) is 11.8. The first-order chi connectivity index (χ1) is 10.7. The van der Waals surface area contributed by atoms with E-state index < -0.39 is 0 Å². The first-order valence-corrected chi connectivity index (χ1v) is 8.83. The lowest BCUT2D eigenvalue weighted by Crippen LogP contribution is -2.50. The minimum Gasteiger partial charge on any atom is -0.391 e. The predicted octanol–water partition coefficient (Wildman–Crippen LogP) is 3.24. The number of nitrogens with zero attached hydrogens (tertiary/aromatic N) is 1. The molecule has 4 heteroatoms. The Bertz CT molecular complexity index is 464. The highest BCUT2D eigenvalue weighted by Gasteiger charge is 2.41. The average molecular weight is 324 g/mol. The molecule has 2 aliphatic rings. The summed E-state index contributed by atoms with van der Waals surface area (Å²) in [7, 11) is 0. The SMILES string of the molecule is OC(CN1CCOCC1)C1(c2ccc(Cl)cc2)CCCCC1. The third-order valence-corrected chi connectivity index (χ3v) is 5.59. The number of β-amino-alcohol motifs (C(OH)–C–C–N with tert-alkyl or cyclic N) is 1. The van der Waals surface area contributed by atoms with Crippen LogP contribution in [0, 0.1) is 0 Å². The maximum Gasteiger partial charge on any atom is 0.0763 e. The molecule has 1 aromatic carbocycles. The van der Waals surface area contributed by atoms with Gasteiger partial charge in [-0.25, -0.2) is 0 Å². The van der Waals surface area contributed by atoms with Crippen molar-refractivity contribution < 1.29 is 9.84 Å². The molecule has 1 N–H and O–H groups in total. The van der Waals surface area contributed by atoms with Crippen LogP contribution >= 0.6 is 11.6 Å². The van der Waals surface area contributed by atoms with E-state index in [0.717, 1.165) is 50.7 Å². The molecular formula is C18H26ClNO2. The maximum absolute atomic E-state index is 11.1. The molecule has 1 heterocycles. The van der Waals surface area contributed by atoms with Crippen LogP contribution in [0.4, 0.5) is 0 Å². The van der Waals surface area contributed by atoms with E-state index in [1.807, 2.05) is 12.1 Å². The summed E-state index contributed by atoms with van der Waals surface area (Å²) >= 11 is 6.05. The smallest absolute Gasteiger partial charge is 0.0763 e. The lowest BCUT2D eigenvalue weighted by atomic mass is 9.66. The largest absolute Gasteiger partial charge is 0.391 e.